The molecule has 0 saturated carbocycles. The molecule has 0 aliphatic carbocycles. The average molecular weight is 1000 g/mol. The van der Waals surface area contributed by atoms with Gasteiger partial charge in [0.2, 0.25) is 0 Å². The zero-order valence-corrected chi connectivity index (χ0v) is 42.4. The monoisotopic (exact) mass is 1000 g/mol. The predicted octanol–water partition coefficient (Wildman–Crippen LogP) is 18.8. The first-order valence-electron chi connectivity index (χ1n) is 26.0. The second-order valence-corrected chi connectivity index (χ2v) is 18.8. The molecule has 13 aromatic rings. The van der Waals surface area contributed by atoms with Crippen molar-refractivity contribution in [2.75, 3.05) is 19.6 Å². The lowest BCUT2D eigenvalue weighted by molar-refractivity contribution is 1.21. The van der Waals surface area contributed by atoms with E-state index in [1.165, 1.54) is 0 Å². The Balaban J connectivity index is 1.08. The average Bonchev–Trinajstić information content (AvgIpc) is 3.71. The molecule has 0 spiro atoms. The highest BCUT2D eigenvalue weighted by Crippen LogP contribution is 2.49. The maximum absolute atomic E-state index is 4.59. The minimum Gasteiger partial charge on any atom is -0.311 e. The van der Waals surface area contributed by atoms with Crippen LogP contribution >= 0.6 is 0 Å². The van der Waals surface area contributed by atoms with E-state index >= 15 is 0 Å². The van der Waals surface area contributed by atoms with Crippen LogP contribution < -0.4 is 19.6 Å². The number of nitrogens with zero attached hydrogens (tertiary/aromatic N) is 8. The van der Waals surface area contributed by atoms with E-state index in [4.69, 9.17) is 0 Å². The van der Waals surface area contributed by atoms with Gasteiger partial charge in [0.05, 0.1) is 23.8 Å². The molecule has 0 N–H and O–H groups in total. The molecule has 0 unspecified atom stereocenters. The number of rotatable bonds is 14. The first kappa shape index (κ1) is 47.0. The minimum atomic E-state index is 0.935. The molecule has 370 valence electrons. The maximum atomic E-state index is 4.59. The Kier molecular flexibility index (Phi) is 12.8. The summed E-state index contributed by atoms with van der Waals surface area (Å²) in [6, 6.07) is 90.4. The van der Waals surface area contributed by atoms with Gasteiger partial charge in [-0.3, -0.25) is 19.9 Å². The summed E-state index contributed by atoms with van der Waals surface area (Å²) in [6.45, 7) is 0. The quantitative estimate of drug-likeness (QED) is 0.0999. The first-order valence-corrected chi connectivity index (χ1v) is 26.0. The number of fused-ring (bicyclic) bond motifs is 2. The van der Waals surface area contributed by atoms with Crippen LogP contribution in [0.3, 0.4) is 0 Å². The molecule has 0 fully saturated rings. The van der Waals surface area contributed by atoms with Crippen molar-refractivity contribution in [3.05, 3.63) is 304 Å². The molecule has 9 aromatic carbocycles. The second kappa shape index (κ2) is 21.3. The molecule has 4 heterocycles. The third kappa shape index (κ3) is 9.20. The van der Waals surface area contributed by atoms with Crippen molar-refractivity contribution >= 4 is 89.8 Å². The van der Waals surface area contributed by atoms with Crippen molar-refractivity contribution in [3.8, 4) is 22.3 Å². The van der Waals surface area contributed by atoms with E-state index in [1.54, 1.807) is 0 Å². The second-order valence-electron chi connectivity index (χ2n) is 18.8. The Labute approximate surface area is 453 Å². The highest BCUT2D eigenvalue weighted by molar-refractivity contribution is 6.23. The molecular formula is C70H50N8. The number of pyridine rings is 4. The standard InChI is InChI=1S/C70H50N8/c1-5-15-53(16-6-1)75(54-17-7-2-8-18-54)57-29-25-51(26-30-57)69-65-35-33-62(78(60-39-45-72-46-40-60)64-24-14-42-74-50-64)48-68(65)70(52-27-31-58(32-28-52)76(55-19-9-3-10-20-55)56-21-11-4-12-22-56)66-36-34-61(47-67(66)69)77(59-37-43-71-44-38-59)63-23-13-41-73-49-63/h1-50H. The Morgan fingerprint density at radius 3 is 0.795 bits per heavy atom. The van der Waals surface area contributed by atoms with Gasteiger partial charge in [-0.25, -0.2) is 0 Å². The summed E-state index contributed by atoms with van der Waals surface area (Å²) in [5.74, 6) is 0. The fourth-order valence-electron chi connectivity index (χ4n) is 10.7. The predicted molar refractivity (Wildman–Crippen MR) is 322 cm³/mol. The molecule has 0 amide bonds. The summed E-state index contributed by atoms with van der Waals surface area (Å²) in [5.41, 5.74) is 16.6. The number of anilines is 12. The smallest absolute Gasteiger partial charge is 0.0644 e. The van der Waals surface area contributed by atoms with Gasteiger partial charge in [-0.1, -0.05) is 109 Å². The molecule has 8 nitrogen and oxygen atoms in total. The van der Waals surface area contributed by atoms with Crippen molar-refractivity contribution in [1.29, 1.82) is 0 Å². The van der Waals surface area contributed by atoms with Gasteiger partial charge >= 0.3 is 0 Å². The number of benzene rings is 9. The van der Waals surface area contributed by atoms with Crippen LogP contribution in [0.15, 0.2) is 304 Å². The zero-order chi connectivity index (χ0) is 52.0. The summed E-state index contributed by atoms with van der Waals surface area (Å²) < 4.78 is 0. The Morgan fingerprint density at radius 1 is 0.192 bits per heavy atom. The van der Waals surface area contributed by atoms with Crippen molar-refractivity contribution < 1.29 is 0 Å². The number of hydrogen-bond donors (Lipinski definition) is 0. The van der Waals surface area contributed by atoms with Gasteiger partial charge in [0.1, 0.15) is 0 Å². The molecule has 0 aliphatic heterocycles. The molecule has 13 rings (SSSR count). The number of para-hydroxylation sites is 4. The third-order valence-electron chi connectivity index (χ3n) is 14.1. The van der Waals surface area contributed by atoms with Crippen molar-refractivity contribution in [1.82, 2.24) is 19.9 Å². The topological polar surface area (TPSA) is 64.5 Å². The van der Waals surface area contributed by atoms with Gasteiger partial charge in [0.25, 0.3) is 0 Å². The molecule has 4 aromatic heterocycles. The molecule has 0 bridgehead atoms. The van der Waals surface area contributed by atoms with Gasteiger partial charge in [0.15, 0.2) is 0 Å². The van der Waals surface area contributed by atoms with E-state index in [0.29, 0.717) is 0 Å². The lowest BCUT2D eigenvalue weighted by Gasteiger charge is -2.28. The summed E-state index contributed by atoms with van der Waals surface area (Å²) in [4.78, 5) is 27.1. The van der Waals surface area contributed by atoms with Crippen LogP contribution in [0.2, 0.25) is 0 Å². The molecule has 0 radical (unpaired) electrons. The van der Waals surface area contributed by atoms with Crippen molar-refractivity contribution in [2.24, 2.45) is 0 Å². The Bertz CT molecular complexity index is 3670. The van der Waals surface area contributed by atoms with E-state index in [9.17, 15) is 0 Å². The summed E-state index contributed by atoms with van der Waals surface area (Å²) >= 11 is 0. The Hall–Kier alpha value is -10.7. The van der Waals surface area contributed by atoms with Crippen molar-refractivity contribution in [2.45, 2.75) is 0 Å². The van der Waals surface area contributed by atoms with Gasteiger partial charge in [-0.15, -0.1) is 0 Å². The fourth-order valence-corrected chi connectivity index (χ4v) is 10.7. The summed E-state index contributed by atoms with van der Waals surface area (Å²) in [7, 11) is 0. The first-order chi connectivity index (χ1) is 38.7. The van der Waals surface area contributed by atoms with Gasteiger partial charge in [-0.05, 0) is 189 Å². The molecule has 0 atom stereocenters. The fraction of sp³-hybridized carbons (Fsp3) is 0. The van der Waals surface area contributed by atoms with Crippen LogP contribution in [0, 0.1) is 0 Å². The lowest BCUT2D eigenvalue weighted by atomic mass is 9.85. The van der Waals surface area contributed by atoms with E-state index in [1.807, 2.05) is 86.0 Å². The van der Waals surface area contributed by atoms with Gasteiger partial charge in [0, 0.05) is 94.1 Å². The lowest BCUT2D eigenvalue weighted by Crippen LogP contribution is -2.11. The van der Waals surface area contributed by atoms with E-state index in [-0.39, 0.29) is 0 Å². The third-order valence-corrected chi connectivity index (χ3v) is 14.1. The zero-order valence-electron chi connectivity index (χ0n) is 42.4. The minimum absolute atomic E-state index is 0.935. The Morgan fingerprint density at radius 2 is 0.474 bits per heavy atom. The van der Waals surface area contributed by atoms with Crippen LogP contribution in [-0.4, -0.2) is 19.9 Å². The van der Waals surface area contributed by atoms with Gasteiger partial charge in [-0.2, -0.15) is 0 Å². The van der Waals surface area contributed by atoms with Crippen LogP contribution in [0.5, 0.6) is 0 Å². The normalized spacial score (nSPS) is 11.1. The van der Waals surface area contributed by atoms with Crippen LogP contribution in [0.25, 0.3) is 43.8 Å². The number of aromatic nitrogens is 4. The van der Waals surface area contributed by atoms with Crippen LogP contribution in [0.1, 0.15) is 0 Å². The van der Waals surface area contributed by atoms with E-state index in [2.05, 4.69) is 258 Å². The molecule has 0 aliphatic rings. The molecule has 8 heteroatoms. The van der Waals surface area contributed by atoms with Crippen LogP contribution in [0.4, 0.5) is 68.2 Å². The van der Waals surface area contributed by atoms with E-state index < -0.39 is 0 Å². The van der Waals surface area contributed by atoms with Crippen LogP contribution in [-0.2, 0) is 0 Å². The summed E-state index contributed by atoms with van der Waals surface area (Å²) in [6.07, 6.45) is 14.8. The molecule has 0 saturated heterocycles. The van der Waals surface area contributed by atoms with E-state index in [0.717, 1.165) is 112 Å². The largest absolute Gasteiger partial charge is 0.311 e. The molecule has 78 heavy (non-hydrogen) atoms. The van der Waals surface area contributed by atoms with Crippen molar-refractivity contribution in [3.63, 3.8) is 0 Å². The number of hydrogen-bond acceptors (Lipinski definition) is 8. The maximum Gasteiger partial charge on any atom is 0.0644 e. The highest BCUT2D eigenvalue weighted by Gasteiger charge is 2.24. The SMILES string of the molecule is c1ccc(N(c2ccccc2)c2ccc(-c3c4ccc(N(c5ccncc5)c5cccnc5)cc4c(-c4ccc(N(c5ccccc5)c5ccccc5)cc4)c4ccc(N(c5ccncc5)c5cccnc5)cc34)cc2)cc1. The van der Waals surface area contributed by atoms with Gasteiger partial charge < -0.3 is 19.6 Å². The molecular weight excluding hydrogens is 953 g/mol. The highest BCUT2D eigenvalue weighted by atomic mass is 15.2. The summed E-state index contributed by atoms with van der Waals surface area (Å²) in [5, 5.41) is 4.40.